The van der Waals surface area contributed by atoms with Gasteiger partial charge in [-0.25, -0.2) is 12.8 Å². The second-order valence-electron chi connectivity index (χ2n) is 3.56. The van der Waals surface area contributed by atoms with Crippen molar-refractivity contribution < 1.29 is 12.8 Å². The van der Waals surface area contributed by atoms with Crippen LogP contribution in [0.15, 0.2) is 35.3 Å². The second kappa shape index (κ2) is 7.27. The maximum absolute atomic E-state index is 13.4. The van der Waals surface area contributed by atoms with Crippen LogP contribution in [-0.2, 0) is 10.0 Å². The molecule has 0 aromatic carbocycles. The zero-order valence-electron chi connectivity index (χ0n) is 10.7. The minimum Gasteiger partial charge on any atom is -0.284 e. The van der Waals surface area contributed by atoms with E-state index in [0.717, 1.165) is 0 Å². The zero-order chi connectivity index (χ0) is 13.5. The first-order chi connectivity index (χ1) is 7.86. The lowest BCUT2D eigenvalue weighted by Crippen LogP contribution is -2.23. The molecule has 1 N–H and O–H groups in total. The third-order valence-corrected chi connectivity index (χ3v) is 3.62. The van der Waals surface area contributed by atoms with E-state index in [1.807, 2.05) is 6.92 Å². The molecule has 0 spiro atoms. The molecule has 0 bridgehead atoms. The number of hydrogen-bond donors (Lipinski definition) is 1. The third kappa shape index (κ3) is 6.26. The summed E-state index contributed by atoms with van der Waals surface area (Å²) in [5.41, 5.74) is 1.00. The van der Waals surface area contributed by atoms with E-state index in [9.17, 15) is 12.8 Å². The van der Waals surface area contributed by atoms with Gasteiger partial charge >= 0.3 is 0 Å². The Labute approximate surface area is 103 Å². The number of sulfonamides is 1. The Morgan fingerprint density at radius 1 is 1.29 bits per heavy atom. The fraction of sp³-hybridized carbons (Fsp3) is 0.500. The summed E-state index contributed by atoms with van der Waals surface area (Å²) >= 11 is 0. The van der Waals surface area contributed by atoms with E-state index >= 15 is 0 Å². The van der Waals surface area contributed by atoms with E-state index in [-0.39, 0.29) is 11.6 Å². The summed E-state index contributed by atoms with van der Waals surface area (Å²) in [6, 6.07) is 0. The molecule has 0 aromatic rings. The predicted molar refractivity (Wildman–Crippen MR) is 69.6 cm³/mol. The Morgan fingerprint density at radius 2 is 1.88 bits per heavy atom. The van der Waals surface area contributed by atoms with Crippen molar-refractivity contribution in [2.75, 3.05) is 5.75 Å². The van der Waals surface area contributed by atoms with E-state index in [0.29, 0.717) is 17.7 Å². The summed E-state index contributed by atoms with van der Waals surface area (Å²) in [6.07, 6.45) is 4.90. The molecule has 0 aliphatic carbocycles. The first-order valence-electron chi connectivity index (χ1n) is 5.56. The van der Waals surface area contributed by atoms with Crippen LogP contribution in [0.25, 0.3) is 0 Å². The van der Waals surface area contributed by atoms with Gasteiger partial charge in [-0.3, -0.25) is 4.72 Å². The highest BCUT2D eigenvalue weighted by Gasteiger charge is 2.06. The highest BCUT2D eigenvalue weighted by atomic mass is 32.2. The summed E-state index contributed by atoms with van der Waals surface area (Å²) in [7, 11) is -3.31. The van der Waals surface area contributed by atoms with Crippen LogP contribution in [-0.4, -0.2) is 14.2 Å². The Balaban J connectivity index is 4.82. The van der Waals surface area contributed by atoms with Crippen LogP contribution in [0.3, 0.4) is 0 Å². The molecule has 0 aliphatic rings. The van der Waals surface area contributed by atoms with Crippen molar-refractivity contribution in [1.29, 1.82) is 0 Å². The topological polar surface area (TPSA) is 46.2 Å². The maximum Gasteiger partial charge on any atom is 0.232 e. The van der Waals surface area contributed by atoms with Gasteiger partial charge in [0.25, 0.3) is 0 Å². The molecule has 0 aromatic heterocycles. The predicted octanol–water partition coefficient (Wildman–Crippen LogP) is 3.04. The Bertz CT molecular complexity index is 433. The molecule has 0 aliphatic heterocycles. The van der Waals surface area contributed by atoms with Crippen LogP contribution in [0.4, 0.5) is 4.39 Å². The van der Waals surface area contributed by atoms with E-state index in [1.165, 1.54) is 12.2 Å². The Kier molecular flexibility index (Phi) is 6.80. The van der Waals surface area contributed by atoms with Gasteiger partial charge in [0.1, 0.15) is 5.83 Å². The first-order valence-corrected chi connectivity index (χ1v) is 7.21. The molecule has 0 fully saturated rings. The van der Waals surface area contributed by atoms with Gasteiger partial charge in [-0.2, -0.15) is 0 Å². The standard InChI is InChI=1S/C12H20FNO2S/c1-5-10(4)12(13)9-8-11(6-2)14-17(15,16)7-3/h6,8-9,14H,5,7H2,1-4H3/b9-8-,11-6+,12-10+. The van der Waals surface area contributed by atoms with Crippen molar-refractivity contribution in [1.82, 2.24) is 4.72 Å². The van der Waals surface area contributed by atoms with Crippen molar-refractivity contribution in [3.63, 3.8) is 0 Å². The third-order valence-electron chi connectivity index (χ3n) is 2.31. The van der Waals surface area contributed by atoms with Crippen molar-refractivity contribution >= 4 is 10.0 Å². The lowest BCUT2D eigenvalue weighted by atomic mass is 10.2. The molecule has 5 heteroatoms. The summed E-state index contributed by atoms with van der Waals surface area (Å²) in [5.74, 6) is -0.340. The molecule has 0 radical (unpaired) electrons. The second-order valence-corrected chi connectivity index (χ2v) is 5.58. The number of rotatable bonds is 6. The fourth-order valence-corrected chi connectivity index (χ4v) is 1.60. The number of allylic oxidation sites excluding steroid dienone is 5. The molecule has 0 heterocycles. The molecular formula is C12H20FNO2S. The normalized spacial score (nSPS) is 15.0. The van der Waals surface area contributed by atoms with Crippen LogP contribution < -0.4 is 4.72 Å². The van der Waals surface area contributed by atoms with Crippen molar-refractivity contribution in [3.8, 4) is 0 Å². The van der Waals surface area contributed by atoms with Gasteiger partial charge in [-0.1, -0.05) is 13.0 Å². The summed E-state index contributed by atoms with van der Waals surface area (Å²) in [4.78, 5) is 0. The molecule has 98 valence electrons. The van der Waals surface area contributed by atoms with E-state index in [2.05, 4.69) is 4.72 Å². The van der Waals surface area contributed by atoms with E-state index in [4.69, 9.17) is 0 Å². The van der Waals surface area contributed by atoms with Crippen LogP contribution in [0, 0.1) is 0 Å². The number of nitrogens with one attached hydrogen (secondary N) is 1. The minimum atomic E-state index is -3.31. The SMILES string of the molecule is C\C=C(/C=C\C(F)=C(\C)CC)NS(=O)(=O)CC. The van der Waals surface area contributed by atoms with Gasteiger partial charge in [0.05, 0.1) is 5.75 Å². The molecule has 3 nitrogen and oxygen atoms in total. The minimum absolute atomic E-state index is 0.00944. The molecular weight excluding hydrogens is 241 g/mol. The average Bonchev–Trinajstić information content (AvgIpc) is 2.32. The Hall–Kier alpha value is -1.10. The zero-order valence-corrected chi connectivity index (χ0v) is 11.6. The van der Waals surface area contributed by atoms with Crippen molar-refractivity contribution in [2.24, 2.45) is 0 Å². The maximum atomic E-state index is 13.4. The largest absolute Gasteiger partial charge is 0.284 e. The van der Waals surface area contributed by atoms with Crippen LogP contribution >= 0.6 is 0 Å². The number of hydrogen-bond acceptors (Lipinski definition) is 2. The highest BCUT2D eigenvalue weighted by molar-refractivity contribution is 7.89. The van der Waals surface area contributed by atoms with Gasteiger partial charge in [0.2, 0.25) is 10.0 Å². The molecule has 0 unspecified atom stereocenters. The summed E-state index contributed by atoms with van der Waals surface area (Å²) in [5, 5.41) is 0. The van der Waals surface area contributed by atoms with Gasteiger partial charge in [-0.15, -0.1) is 0 Å². The fourth-order valence-electron chi connectivity index (χ4n) is 0.915. The Morgan fingerprint density at radius 3 is 2.29 bits per heavy atom. The van der Waals surface area contributed by atoms with Gasteiger partial charge in [-0.05, 0) is 44.9 Å². The number of halogens is 1. The summed E-state index contributed by atoms with van der Waals surface area (Å²) < 4.78 is 38.4. The van der Waals surface area contributed by atoms with Crippen molar-refractivity contribution in [2.45, 2.75) is 34.1 Å². The van der Waals surface area contributed by atoms with Crippen LogP contribution in [0.5, 0.6) is 0 Å². The molecule has 0 saturated carbocycles. The smallest absolute Gasteiger partial charge is 0.232 e. The van der Waals surface area contributed by atoms with Gasteiger partial charge < -0.3 is 0 Å². The molecule has 0 atom stereocenters. The van der Waals surface area contributed by atoms with Gasteiger partial charge in [0.15, 0.2) is 0 Å². The van der Waals surface area contributed by atoms with Crippen molar-refractivity contribution in [3.05, 3.63) is 35.3 Å². The quantitative estimate of drug-likeness (QED) is 0.747. The molecule has 17 heavy (non-hydrogen) atoms. The summed E-state index contributed by atoms with van der Waals surface area (Å²) in [6.45, 7) is 6.79. The lowest BCUT2D eigenvalue weighted by molar-refractivity contribution is 0.590. The molecule has 0 saturated heterocycles. The molecule has 0 amide bonds. The monoisotopic (exact) mass is 261 g/mol. The van der Waals surface area contributed by atoms with Crippen LogP contribution in [0.1, 0.15) is 34.1 Å². The van der Waals surface area contributed by atoms with Gasteiger partial charge in [0, 0.05) is 5.70 Å². The van der Waals surface area contributed by atoms with E-state index in [1.54, 1.807) is 26.8 Å². The van der Waals surface area contributed by atoms with Crippen LogP contribution in [0.2, 0.25) is 0 Å². The average molecular weight is 261 g/mol. The highest BCUT2D eigenvalue weighted by Crippen LogP contribution is 2.11. The molecule has 0 rings (SSSR count). The van der Waals surface area contributed by atoms with E-state index < -0.39 is 10.0 Å². The first kappa shape index (κ1) is 15.9. The lowest BCUT2D eigenvalue weighted by Gasteiger charge is -2.05.